The first-order valence-corrected chi connectivity index (χ1v) is 6.88. The Labute approximate surface area is 120 Å². The highest BCUT2D eigenvalue weighted by Crippen LogP contribution is 2.17. The highest BCUT2D eigenvalue weighted by Gasteiger charge is 2.01. The molecule has 1 aromatic heterocycles. The molecular formula is C16H21N3O. The first-order valence-electron chi connectivity index (χ1n) is 6.88. The molecule has 4 nitrogen and oxygen atoms in total. The van der Waals surface area contributed by atoms with E-state index in [1.165, 1.54) is 5.56 Å². The number of aromatic nitrogens is 2. The quantitative estimate of drug-likeness (QED) is 0.563. The number of aryl methyl sites for hydroxylation is 1. The molecule has 2 aromatic rings. The molecule has 0 unspecified atom stereocenters. The molecule has 0 saturated carbocycles. The molecule has 1 aromatic carbocycles. The van der Waals surface area contributed by atoms with Crippen molar-refractivity contribution in [2.45, 2.75) is 19.5 Å². The van der Waals surface area contributed by atoms with E-state index in [9.17, 15) is 0 Å². The Morgan fingerprint density at radius 1 is 1.35 bits per heavy atom. The molecule has 0 saturated heterocycles. The number of para-hydroxylation sites is 1. The second kappa shape index (κ2) is 8.17. The van der Waals surface area contributed by atoms with Crippen molar-refractivity contribution in [3.63, 3.8) is 0 Å². The highest BCUT2D eigenvalue weighted by molar-refractivity contribution is 5.33. The third-order valence-corrected chi connectivity index (χ3v) is 2.97. The number of imidazole rings is 1. The fourth-order valence-corrected chi connectivity index (χ4v) is 1.97. The Kier molecular flexibility index (Phi) is 5.86. The number of nitrogens with zero attached hydrogens (tertiary/aromatic N) is 2. The number of ether oxygens (including phenoxy) is 1. The summed E-state index contributed by atoms with van der Waals surface area (Å²) in [5.41, 5.74) is 1.18. The van der Waals surface area contributed by atoms with E-state index in [0.29, 0.717) is 6.61 Å². The van der Waals surface area contributed by atoms with E-state index in [1.54, 1.807) is 12.3 Å². The lowest BCUT2D eigenvalue weighted by Gasteiger charge is -2.11. The van der Waals surface area contributed by atoms with Crippen LogP contribution in [0.5, 0.6) is 5.75 Å². The zero-order valence-corrected chi connectivity index (χ0v) is 11.7. The van der Waals surface area contributed by atoms with Crippen LogP contribution < -0.4 is 10.1 Å². The van der Waals surface area contributed by atoms with Gasteiger partial charge in [0.2, 0.25) is 0 Å². The Morgan fingerprint density at radius 3 is 3.05 bits per heavy atom. The summed E-state index contributed by atoms with van der Waals surface area (Å²) < 4.78 is 7.72. The van der Waals surface area contributed by atoms with E-state index in [4.69, 9.17) is 4.74 Å². The van der Waals surface area contributed by atoms with Crippen molar-refractivity contribution in [1.29, 1.82) is 0 Å². The van der Waals surface area contributed by atoms with Crippen LogP contribution in [0, 0.1) is 0 Å². The van der Waals surface area contributed by atoms with Gasteiger partial charge >= 0.3 is 0 Å². The maximum absolute atomic E-state index is 5.63. The van der Waals surface area contributed by atoms with E-state index >= 15 is 0 Å². The van der Waals surface area contributed by atoms with Crippen LogP contribution in [-0.2, 0) is 13.1 Å². The molecule has 1 N–H and O–H groups in total. The molecule has 0 aliphatic carbocycles. The first-order chi connectivity index (χ1) is 9.90. The SMILES string of the molecule is C=CCOc1ccccc1CNCCCn1ccnc1. The summed E-state index contributed by atoms with van der Waals surface area (Å²) in [6.45, 7) is 6.98. The van der Waals surface area contributed by atoms with E-state index in [0.717, 1.165) is 31.8 Å². The fourth-order valence-electron chi connectivity index (χ4n) is 1.97. The van der Waals surface area contributed by atoms with E-state index < -0.39 is 0 Å². The highest BCUT2D eigenvalue weighted by atomic mass is 16.5. The van der Waals surface area contributed by atoms with E-state index in [-0.39, 0.29) is 0 Å². The molecule has 0 radical (unpaired) electrons. The van der Waals surface area contributed by atoms with Crippen molar-refractivity contribution >= 4 is 0 Å². The zero-order valence-electron chi connectivity index (χ0n) is 11.7. The van der Waals surface area contributed by atoms with Crippen LogP contribution in [0.2, 0.25) is 0 Å². The minimum Gasteiger partial charge on any atom is -0.489 e. The Morgan fingerprint density at radius 2 is 2.25 bits per heavy atom. The van der Waals surface area contributed by atoms with E-state index in [1.807, 2.05) is 30.7 Å². The van der Waals surface area contributed by atoms with Gasteiger partial charge < -0.3 is 14.6 Å². The number of hydrogen-bond acceptors (Lipinski definition) is 3. The Bertz CT molecular complexity index is 508. The summed E-state index contributed by atoms with van der Waals surface area (Å²) >= 11 is 0. The minimum atomic E-state index is 0.539. The van der Waals surface area contributed by atoms with Crippen LogP contribution >= 0.6 is 0 Å². The number of rotatable bonds is 9. The molecule has 0 spiro atoms. The zero-order chi connectivity index (χ0) is 14.0. The lowest BCUT2D eigenvalue weighted by atomic mass is 10.2. The normalized spacial score (nSPS) is 10.4. The first kappa shape index (κ1) is 14.3. The predicted molar refractivity (Wildman–Crippen MR) is 80.7 cm³/mol. The van der Waals surface area contributed by atoms with Gasteiger partial charge in [0.05, 0.1) is 6.33 Å². The summed E-state index contributed by atoms with van der Waals surface area (Å²) in [5.74, 6) is 0.925. The van der Waals surface area contributed by atoms with Crippen molar-refractivity contribution < 1.29 is 4.74 Å². The molecule has 0 amide bonds. The van der Waals surface area contributed by atoms with E-state index in [2.05, 4.69) is 27.5 Å². The minimum absolute atomic E-state index is 0.539. The van der Waals surface area contributed by atoms with Crippen LogP contribution in [0.1, 0.15) is 12.0 Å². The Balaban J connectivity index is 1.71. The van der Waals surface area contributed by atoms with Gasteiger partial charge in [-0.15, -0.1) is 0 Å². The summed E-state index contributed by atoms with van der Waals surface area (Å²) in [5, 5.41) is 3.44. The molecule has 1 heterocycles. The summed E-state index contributed by atoms with van der Waals surface area (Å²) in [6, 6.07) is 8.09. The molecule has 4 heteroatoms. The van der Waals surface area contributed by atoms with Gasteiger partial charge in [0.15, 0.2) is 0 Å². The number of benzene rings is 1. The predicted octanol–water partition coefficient (Wildman–Crippen LogP) is 2.63. The van der Waals surface area contributed by atoms with Crippen LogP contribution in [0.15, 0.2) is 55.6 Å². The van der Waals surface area contributed by atoms with Crippen LogP contribution in [-0.4, -0.2) is 22.7 Å². The topological polar surface area (TPSA) is 39.1 Å². The summed E-state index contributed by atoms with van der Waals surface area (Å²) in [7, 11) is 0. The number of hydrogen-bond donors (Lipinski definition) is 1. The Hall–Kier alpha value is -2.07. The molecule has 20 heavy (non-hydrogen) atoms. The van der Waals surface area contributed by atoms with Crippen molar-refractivity contribution in [2.24, 2.45) is 0 Å². The summed E-state index contributed by atoms with van der Waals surface area (Å²) in [6.07, 6.45) is 8.47. The maximum atomic E-state index is 5.63. The van der Waals surface area contributed by atoms with Crippen molar-refractivity contribution in [3.05, 3.63) is 61.2 Å². The second-order valence-corrected chi connectivity index (χ2v) is 4.54. The van der Waals surface area contributed by atoms with Gasteiger partial charge in [-0.3, -0.25) is 0 Å². The lowest BCUT2D eigenvalue weighted by Crippen LogP contribution is -2.17. The smallest absolute Gasteiger partial charge is 0.124 e. The van der Waals surface area contributed by atoms with Gasteiger partial charge in [0.25, 0.3) is 0 Å². The monoisotopic (exact) mass is 271 g/mol. The van der Waals surface area contributed by atoms with Gasteiger partial charge in [-0.1, -0.05) is 30.9 Å². The molecule has 106 valence electrons. The van der Waals surface area contributed by atoms with Crippen LogP contribution in [0.25, 0.3) is 0 Å². The molecule has 0 fully saturated rings. The van der Waals surface area contributed by atoms with Gasteiger partial charge in [0.1, 0.15) is 12.4 Å². The lowest BCUT2D eigenvalue weighted by molar-refractivity contribution is 0.357. The third-order valence-electron chi connectivity index (χ3n) is 2.97. The fraction of sp³-hybridized carbons (Fsp3) is 0.312. The van der Waals surface area contributed by atoms with Gasteiger partial charge in [-0.05, 0) is 19.0 Å². The van der Waals surface area contributed by atoms with Crippen LogP contribution in [0.4, 0.5) is 0 Å². The largest absolute Gasteiger partial charge is 0.489 e. The molecule has 0 bridgehead atoms. The van der Waals surface area contributed by atoms with Crippen molar-refractivity contribution in [1.82, 2.24) is 14.9 Å². The standard InChI is InChI=1S/C16H21N3O/c1-2-12-20-16-7-4-3-6-15(16)13-17-8-5-10-19-11-9-18-14-19/h2-4,6-7,9,11,14,17H,1,5,8,10,12-13H2. The number of nitrogens with one attached hydrogen (secondary N) is 1. The molecule has 2 rings (SSSR count). The average Bonchev–Trinajstić information content (AvgIpc) is 2.99. The molecule has 0 aliphatic heterocycles. The molecule has 0 atom stereocenters. The average molecular weight is 271 g/mol. The van der Waals surface area contributed by atoms with Crippen molar-refractivity contribution in [3.8, 4) is 5.75 Å². The summed E-state index contributed by atoms with van der Waals surface area (Å²) in [4.78, 5) is 4.03. The van der Waals surface area contributed by atoms with Crippen molar-refractivity contribution in [2.75, 3.05) is 13.2 Å². The van der Waals surface area contributed by atoms with Gasteiger partial charge in [-0.25, -0.2) is 4.98 Å². The maximum Gasteiger partial charge on any atom is 0.124 e. The van der Waals surface area contributed by atoms with Gasteiger partial charge in [-0.2, -0.15) is 0 Å². The van der Waals surface area contributed by atoms with Crippen LogP contribution in [0.3, 0.4) is 0 Å². The second-order valence-electron chi connectivity index (χ2n) is 4.54. The third kappa shape index (κ3) is 4.55. The molecular weight excluding hydrogens is 250 g/mol. The molecule has 0 aliphatic rings. The van der Waals surface area contributed by atoms with Gasteiger partial charge in [0, 0.05) is 31.0 Å².